The van der Waals surface area contributed by atoms with Gasteiger partial charge in [-0.2, -0.15) is 0 Å². The number of fused-ring (bicyclic) bond motifs is 1. The van der Waals surface area contributed by atoms with Crippen LogP contribution in [-0.2, 0) is 10.0 Å². The molecule has 0 spiro atoms. The van der Waals surface area contributed by atoms with Crippen molar-refractivity contribution < 1.29 is 17.9 Å². The van der Waals surface area contributed by atoms with Gasteiger partial charge in [0.25, 0.3) is 15.9 Å². The van der Waals surface area contributed by atoms with Crippen LogP contribution in [0, 0.1) is 0 Å². The highest BCUT2D eigenvalue weighted by molar-refractivity contribution is 7.92. The molecule has 8 heteroatoms. The number of amides is 1. The molecule has 1 N–H and O–H groups in total. The average Bonchev–Trinajstić information content (AvgIpc) is 3.41. The molecular weight excluding hydrogens is 396 g/mol. The lowest BCUT2D eigenvalue weighted by atomic mass is 10.2. The number of benzene rings is 2. The Morgan fingerprint density at radius 1 is 1.14 bits per heavy atom. The van der Waals surface area contributed by atoms with Gasteiger partial charge in [-0.3, -0.25) is 9.10 Å². The maximum atomic E-state index is 12.9. The highest BCUT2D eigenvalue weighted by atomic mass is 32.2. The number of rotatable bonds is 6. The SMILES string of the molecule is COc1ccc(S(=O)(=O)N(C)c2ccc3sc(C(=O)NC4CC4)cc3c2)cc1. The molecule has 2 aromatic carbocycles. The second kappa shape index (κ2) is 7.10. The summed E-state index contributed by atoms with van der Waals surface area (Å²) >= 11 is 1.41. The summed E-state index contributed by atoms with van der Waals surface area (Å²) in [6, 6.07) is 13.8. The van der Waals surface area contributed by atoms with Crippen LogP contribution in [0.25, 0.3) is 10.1 Å². The van der Waals surface area contributed by atoms with E-state index >= 15 is 0 Å². The third-order valence-corrected chi connectivity index (χ3v) is 7.63. The maximum Gasteiger partial charge on any atom is 0.264 e. The van der Waals surface area contributed by atoms with E-state index in [1.807, 2.05) is 12.1 Å². The number of hydrogen-bond acceptors (Lipinski definition) is 5. The monoisotopic (exact) mass is 416 g/mol. The van der Waals surface area contributed by atoms with Crippen LogP contribution in [0.3, 0.4) is 0 Å². The lowest BCUT2D eigenvalue weighted by Crippen LogP contribution is -2.26. The van der Waals surface area contributed by atoms with E-state index in [-0.39, 0.29) is 10.8 Å². The molecule has 146 valence electrons. The van der Waals surface area contributed by atoms with Crippen molar-refractivity contribution in [3.8, 4) is 5.75 Å². The van der Waals surface area contributed by atoms with Crippen LogP contribution in [0.15, 0.2) is 53.4 Å². The van der Waals surface area contributed by atoms with Gasteiger partial charge >= 0.3 is 0 Å². The Morgan fingerprint density at radius 3 is 2.50 bits per heavy atom. The van der Waals surface area contributed by atoms with Gasteiger partial charge < -0.3 is 10.1 Å². The smallest absolute Gasteiger partial charge is 0.264 e. The molecule has 4 rings (SSSR count). The first kappa shape index (κ1) is 18.8. The van der Waals surface area contributed by atoms with Crippen molar-refractivity contribution in [2.45, 2.75) is 23.8 Å². The molecule has 1 aliphatic rings. The Kier molecular flexibility index (Phi) is 4.76. The van der Waals surface area contributed by atoms with E-state index < -0.39 is 10.0 Å². The van der Waals surface area contributed by atoms with Crippen LogP contribution in [-0.4, -0.2) is 34.5 Å². The average molecular weight is 417 g/mol. The molecule has 1 amide bonds. The molecule has 1 saturated carbocycles. The van der Waals surface area contributed by atoms with E-state index in [1.165, 1.54) is 41.9 Å². The number of anilines is 1. The molecule has 0 radical (unpaired) electrons. The van der Waals surface area contributed by atoms with Crippen LogP contribution in [0.1, 0.15) is 22.5 Å². The molecule has 0 aliphatic heterocycles. The highest BCUT2D eigenvalue weighted by Crippen LogP contribution is 2.32. The second-order valence-electron chi connectivity index (χ2n) is 6.73. The summed E-state index contributed by atoms with van der Waals surface area (Å²) in [7, 11) is -0.647. The van der Waals surface area contributed by atoms with Crippen LogP contribution in [0.2, 0.25) is 0 Å². The van der Waals surface area contributed by atoms with E-state index in [9.17, 15) is 13.2 Å². The molecule has 28 heavy (non-hydrogen) atoms. The van der Waals surface area contributed by atoms with Gasteiger partial charge in [0, 0.05) is 17.8 Å². The van der Waals surface area contributed by atoms with Crippen LogP contribution in [0.4, 0.5) is 5.69 Å². The van der Waals surface area contributed by atoms with Crippen molar-refractivity contribution in [2.24, 2.45) is 0 Å². The molecule has 1 fully saturated rings. The number of carbonyl (C=O) groups is 1. The number of thiophene rings is 1. The summed E-state index contributed by atoms with van der Waals surface area (Å²) in [6.07, 6.45) is 2.07. The predicted octanol–water partition coefficient (Wildman–Crippen LogP) is 3.63. The zero-order valence-corrected chi connectivity index (χ0v) is 17.1. The van der Waals surface area contributed by atoms with Crippen LogP contribution >= 0.6 is 11.3 Å². The first-order valence-corrected chi connectivity index (χ1v) is 11.1. The minimum Gasteiger partial charge on any atom is -0.497 e. The summed E-state index contributed by atoms with van der Waals surface area (Å²) in [5, 5.41) is 3.83. The first-order valence-electron chi connectivity index (χ1n) is 8.86. The zero-order valence-electron chi connectivity index (χ0n) is 15.5. The number of ether oxygens (including phenoxy) is 1. The molecule has 3 aromatic rings. The lowest BCUT2D eigenvalue weighted by molar-refractivity contribution is 0.0955. The Labute approximate surface area is 167 Å². The van der Waals surface area contributed by atoms with Gasteiger partial charge in [-0.1, -0.05) is 0 Å². The molecule has 6 nitrogen and oxygen atoms in total. The summed E-state index contributed by atoms with van der Waals surface area (Å²) in [5.41, 5.74) is 0.537. The Hall–Kier alpha value is -2.58. The van der Waals surface area contributed by atoms with E-state index in [0.717, 1.165) is 22.9 Å². The van der Waals surface area contributed by atoms with Crippen molar-refractivity contribution in [3.05, 3.63) is 53.4 Å². The molecule has 0 unspecified atom stereocenters. The summed E-state index contributed by atoms with van der Waals surface area (Å²) in [6.45, 7) is 0. The quantitative estimate of drug-likeness (QED) is 0.666. The van der Waals surface area contributed by atoms with Gasteiger partial charge in [0.05, 0.1) is 22.6 Å². The van der Waals surface area contributed by atoms with Crippen molar-refractivity contribution in [1.29, 1.82) is 0 Å². The minimum atomic E-state index is -3.70. The van der Waals surface area contributed by atoms with Crippen molar-refractivity contribution in [1.82, 2.24) is 5.32 Å². The number of carbonyl (C=O) groups excluding carboxylic acids is 1. The predicted molar refractivity (Wildman–Crippen MR) is 111 cm³/mol. The van der Waals surface area contributed by atoms with E-state index in [1.54, 1.807) is 24.3 Å². The van der Waals surface area contributed by atoms with E-state index in [0.29, 0.717) is 22.4 Å². The van der Waals surface area contributed by atoms with Crippen LogP contribution < -0.4 is 14.4 Å². The minimum absolute atomic E-state index is 0.0653. The topological polar surface area (TPSA) is 75.7 Å². The third-order valence-electron chi connectivity index (χ3n) is 4.72. The number of hydrogen-bond donors (Lipinski definition) is 1. The van der Waals surface area contributed by atoms with Gasteiger partial charge in [0.2, 0.25) is 0 Å². The van der Waals surface area contributed by atoms with Crippen molar-refractivity contribution >= 4 is 43.0 Å². The molecule has 1 aromatic heterocycles. The van der Waals surface area contributed by atoms with E-state index in [4.69, 9.17) is 4.74 Å². The molecule has 1 heterocycles. The molecule has 1 aliphatic carbocycles. The number of nitrogens with zero attached hydrogens (tertiary/aromatic N) is 1. The van der Waals surface area contributed by atoms with Gasteiger partial charge in [0.1, 0.15) is 5.75 Å². The number of methoxy groups -OCH3 is 1. The summed E-state index contributed by atoms with van der Waals surface area (Å²) in [5.74, 6) is 0.530. The molecule has 0 saturated heterocycles. The fraction of sp³-hybridized carbons (Fsp3) is 0.250. The second-order valence-corrected chi connectivity index (χ2v) is 9.78. The fourth-order valence-corrected chi connectivity index (χ4v) is 5.00. The summed E-state index contributed by atoms with van der Waals surface area (Å²) in [4.78, 5) is 13.1. The Morgan fingerprint density at radius 2 is 1.86 bits per heavy atom. The van der Waals surface area contributed by atoms with Crippen LogP contribution in [0.5, 0.6) is 5.75 Å². The highest BCUT2D eigenvalue weighted by Gasteiger charge is 2.25. The Balaban J connectivity index is 1.62. The summed E-state index contributed by atoms with van der Waals surface area (Å²) < 4.78 is 33.1. The molecular formula is C20H20N2O4S2. The molecule has 0 atom stereocenters. The Bertz CT molecular complexity index is 1130. The van der Waals surface area contributed by atoms with Crippen molar-refractivity contribution in [3.63, 3.8) is 0 Å². The maximum absolute atomic E-state index is 12.9. The van der Waals surface area contributed by atoms with Gasteiger partial charge in [-0.15, -0.1) is 11.3 Å². The fourth-order valence-electron chi connectivity index (χ4n) is 2.87. The zero-order chi connectivity index (χ0) is 19.9. The largest absolute Gasteiger partial charge is 0.497 e. The normalized spacial score (nSPS) is 14.1. The number of nitrogens with one attached hydrogen (secondary N) is 1. The first-order chi connectivity index (χ1) is 13.4. The van der Waals surface area contributed by atoms with Gasteiger partial charge in [-0.25, -0.2) is 8.42 Å². The number of sulfonamides is 1. The molecule has 0 bridgehead atoms. The van der Waals surface area contributed by atoms with Gasteiger partial charge in [-0.05, 0) is 66.8 Å². The van der Waals surface area contributed by atoms with Gasteiger partial charge in [0.15, 0.2) is 0 Å². The van der Waals surface area contributed by atoms with E-state index in [2.05, 4.69) is 5.32 Å². The lowest BCUT2D eigenvalue weighted by Gasteiger charge is -2.19. The standard InChI is InChI=1S/C20H20N2O4S2/c1-22(28(24,25)17-8-6-16(26-2)7-9-17)15-5-10-18-13(11-15)12-19(27-18)20(23)21-14-3-4-14/h5-12,14H,3-4H2,1-2H3,(H,21,23). The third kappa shape index (κ3) is 3.57. The van der Waals surface area contributed by atoms with Crippen molar-refractivity contribution in [2.75, 3.05) is 18.5 Å².